The van der Waals surface area contributed by atoms with Gasteiger partial charge in [0.15, 0.2) is 0 Å². The molecule has 0 aromatic heterocycles. The lowest BCUT2D eigenvalue weighted by atomic mass is 10.1. The fraction of sp³-hybridized carbons (Fsp3) is 0.0667. The first-order chi connectivity index (χ1) is 8.77. The number of rotatable bonds is 2. The Morgan fingerprint density at radius 1 is 0.944 bits per heavy atom. The lowest BCUT2D eigenvalue weighted by molar-refractivity contribution is -0.112. The second-order valence-electron chi connectivity index (χ2n) is 4.27. The van der Waals surface area contributed by atoms with Crippen LogP contribution in [0, 0.1) is 5.41 Å². The van der Waals surface area contributed by atoms with Crippen molar-refractivity contribution in [3.8, 4) is 0 Å². The van der Waals surface area contributed by atoms with Crippen LogP contribution in [0.5, 0.6) is 0 Å². The van der Waals surface area contributed by atoms with E-state index in [4.69, 9.17) is 5.41 Å². The molecule has 0 saturated heterocycles. The van der Waals surface area contributed by atoms with Crippen molar-refractivity contribution in [1.29, 1.82) is 5.41 Å². The molecule has 1 N–H and O–H groups in total. The van der Waals surface area contributed by atoms with Gasteiger partial charge in [0.1, 0.15) is 5.71 Å². The van der Waals surface area contributed by atoms with Crippen LogP contribution in [0.3, 0.4) is 0 Å². The van der Waals surface area contributed by atoms with Gasteiger partial charge in [-0.15, -0.1) is 0 Å². The molecule has 0 bridgehead atoms. The highest BCUT2D eigenvalue weighted by Gasteiger charge is 2.32. The third kappa shape index (κ3) is 1.61. The third-order valence-electron chi connectivity index (χ3n) is 3.11. The Bertz CT molecular complexity index is 619. The summed E-state index contributed by atoms with van der Waals surface area (Å²) in [6, 6.07) is 17.3. The molecular formula is C15H12N2O. The van der Waals surface area contributed by atoms with Crippen LogP contribution in [0.1, 0.15) is 11.1 Å². The van der Waals surface area contributed by atoms with Gasteiger partial charge < -0.3 is 4.90 Å². The van der Waals surface area contributed by atoms with Gasteiger partial charge in [-0.25, -0.2) is 0 Å². The molecule has 18 heavy (non-hydrogen) atoms. The first kappa shape index (κ1) is 10.7. The van der Waals surface area contributed by atoms with Crippen molar-refractivity contribution in [1.82, 2.24) is 0 Å². The van der Waals surface area contributed by atoms with Crippen LogP contribution < -0.4 is 4.90 Å². The van der Waals surface area contributed by atoms with Gasteiger partial charge in [0.05, 0.1) is 12.2 Å². The standard InChI is InChI=1S/C15H12N2O/c16-14-12-8-4-5-9-13(12)17(15(14)18)10-11-6-2-1-3-7-11/h1-9,16H,10H2. The summed E-state index contributed by atoms with van der Waals surface area (Å²) in [6.45, 7) is 0.513. The topological polar surface area (TPSA) is 44.2 Å². The molecule has 88 valence electrons. The van der Waals surface area contributed by atoms with Crippen LogP contribution in [0.2, 0.25) is 0 Å². The number of nitrogens with zero attached hydrogens (tertiary/aromatic N) is 1. The predicted molar refractivity (Wildman–Crippen MR) is 70.9 cm³/mol. The summed E-state index contributed by atoms with van der Waals surface area (Å²) in [4.78, 5) is 13.7. The minimum atomic E-state index is -0.222. The maximum Gasteiger partial charge on any atom is 0.277 e. The molecule has 3 nitrogen and oxygen atoms in total. The van der Waals surface area contributed by atoms with E-state index in [1.807, 2.05) is 54.6 Å². The van der Waals surface area contributed by atoms with Crippen molar-refractivity contribution in [2.75, 3.05) is 4.90 Å². The quantitative estimate of drug-likeness (QED) is 0.855. The summed E-state index contributed by atoms with van der Waals surface area (Å²) in [6.07, 6.45) is 0. The van der Waals surface area contributed by atoms with E-state index in [2.05, 4.69) is 0 Å². The zero-order valence-corrected chi connectivity index (χ0v) is 9.76. The van der Waals surface area contributed by atoms with Gasteiger partial charge in [-0.1, -0.05) is 48.5 Å². The van der Waals surface area contributed by atoms with Crippen molar-refractivity contribution in [2.24, 2.45) is 0 Å². The van der Waals surface area contributed by atoms with Crippen molar-refractivity contribution >= 4 is 17.3 Å². The van der Waals surface area contributed by atoms with Crippen molar-refractivity contribution in [3.05, 3.63) is 65.7 Å². The summed E-state index contributed by atoms with van der Waals surface area (Å²) < 4.78 is 0. The maximum absolute atomic E-state index is 12.1. The molecular weight excluding hydrogens is 224 g/mol. The highest BCUT2D eigenvalue weighted by atomic mass is 16.2. The number of carbonyl (C=O) groups excluding carboxylic acids is 1. The SMILES string of the molecule is N=C1C(=O)N(Cc2ccccc2)c2ccccc21. The van der Waals surface area contributed by atoms with E-state index >= 15 is 0 Å². The molecule has 0 radical (unpaired) electrons. The predicted octanol–water partition coefficient (Wildman–Crippen LogP) is 2.60. The van der Waals surface area contributed by atoms with Crippen LogP contribution >= 0.6 is 0 Å². The summed E-state index contributed by atoms with van der Waals surface area (Å²) >= 11 is 0. The van der Waals surface area contributed by atoms with E-state index in [0.717, 1.165) is 16.8 Å². The Hall–Kier alpha value is -2.42. The third-order valence-corrected chi connectivity index (χ3v) is 3.11. The smallest absolute Gasteiger partial charge is 0.277 e. The van der Waals surface area contributed by atoms with E-state index in [-0.39, 0.29) is 11.6 Å². The van der Waals surface area contributed by atoms with Gasteiger partial charge >= 0.3 is 0 Å². The number of para-hydroxylation sites is 1. The molecule has 0 atom stereocenters. The Morgan fingerprint density at radius 2 is 1.61 bits per heavy atom. The number of fused-ring (bicyclic) bond motifs is 1. The number of hydrogen-bond acceptors (Lipinski definition) is 2. The first-order valence-electron chi connectivity index (χ1n) is 5.81. The zero-order chi connectivity index (χ0) is 12.5. The zero-order valence-electron chi connectivity index (χ0n) is 9.76. The average molecular weight is 236 g/mol. The molecule has 1 amide bonds. The number of carbonyl (C=O) groups is 1. The number of amides is 1. The minimum absolute atomic E-state index is 0.0848. The van der Waals surface area contributed by atoms with E-state index in [9.17, 15) is 4.79 Å². The summed E-state index contributed by atoms with van der Waals surface area (Å²) in [7, 11) is 0. The Labute approximate surface area is 105 Å². The number of anilines is 1. The molecule has 0 unspecified atom stereocenters. The monoisotopic (exact) mass is 236 g/mol. The minimum Gasteiger partial charge on any atom is -0.302 e. The van der Waals surface area contributed by atoms with Gasteiger partial charge in [-0.05, 0) is 11.6 Å². The van der Waals surface area contributed by atoms with Crippen LogP contribution in [0.4, 0.5) is 5.69 Å². The summed E-state index contributed by atoms with van der Waals surface area (Å²) in [5, 5.41) is 7.84. The number of benzene rings is 2. The van der Waals surface area contributed by atoms with Gasteiger partial charge in [0.2, 0.25) is 0 Å². The van der Waals surface area contributed by atoms with Crippen molar-refractivity contribution in [2.45, 2.75) is 6.54 Å². The van der Waals surface area contributed by atoms with Crippen LogP contribution in [0.15, 0.2) is 54.6 Å². The molecule has 1 aliphatic rings. The summed E-state index contributed by atoms with van der Waals surface area (Å²) in [5.41, 5.74) is 2.70. The second-order valence-corrected chi connectivity index (χ2v) is 4.27. The number of hydrogen-bond donors (Lipinski definition) is 1. The van der Waals surface area contributed by atoms with Gasteiger partial charge in [-0.2, -0.15) is 0 Å². The normalized spacial score (nSPS) is 13.9. The second kappa shape index (κ2) is 4.11. The molecule has 0 fully saturated rings. The van der Waals surface area contributed by atoms with E-state index in [0.29, 0.717) is 6.54 Å². The van der Waals surface area contributed by atoms with E-state index in [1.54, 1.807) is 4.90 Å². The maximum atomic E-state index is 12.1. The van der Waals surface area contributed by atoms with Crippen LogP contribution in [-0.4, -0.2) is 11.6 Å². The molecule has 3 heteroatoms. The van der Waals surface area contributed by atoms with Crippen molar-refractivity contribution in [3.63, 3.8) is 0 Å². The Balaban J connectivity index is 1.99. The molecule has 1 heterocycles. The van der Waals surface area contributed by atoms with Gasteiger partial charge in [0.25, 0.3) is 5.91 Å². The largest absolute Gasteiger partial charge is 0.302 e. The Morgan fingerprint density at radius 3 is 2.39 bits per heavy atom. The van der Waals surface area contributed by atoms with E-state index < -0.39 is 0 Å². The highest BCUT2D eigenvalue weighted by molar-refractivity contribution is 6.53. The molecule has 2 aromatic rings. The molecule has 0 aliphatic carbocycles. The summed E-state index contributed by atoms with van der Waals surface area (Å²) in [5.74, 6) is -0.222. The molecule has 1 aliphatic heterocycles. The molecule has 0 saturated carbocycles. The van der Waals surface area contributed by atoms with Gasteiger partial charge in [-0.3, -0.25) is 10.2 Å². The Kier molecular flexibility index (Phi) is 2.45. The number of nitrogens with one attached hydrogen (secondary N) is 1. The van der Waals surface area contributed by atoms with Crippen molar-refractivity contribution < 1.29 is 4.79 Å². The van der Waals surface area contributed by atoms with Crippen LogP contribution in [0.25, 0.3) is 0 Å². The first-order valence-corrected chi connectivity index (χ1v) is 5.81. The fourth-order valence-corrected chi connectivity index (χ4v) is 2.20. The fourth-order valence-electron chi connectivity index (χ4n) is 2.20. The van der Waals surface area contributed by atoms with Crippen LogP contribution in [-0.2, 0) is 11.3 Å². The van der Waals surface area contributed by atoms with E-state index in [1.165, 1.54) is 0 Å². The van der Waals surface area contributed by atoms with Gasteiger partial charge in [0, 0.05) is 5.56 Å². The molecule has 0 spiro atoms. The average Bonchev–Trinajstić information content (AvgIpc) is 2.66. The lowest BCUT2D eigenvalue weighted by Gasteiger charge is -2.16. The highest BCUT2D eigenvalue weighted by Crippen LogP contribution is 2.29. The lowest BCUT2D eigenvalue weighted by Crippen LogP contribution is -2.29. The molecule has 2 aromatic carbocycles. The molecule has 3 rings (SSSR count).